The van der Waals surface area contributed by atoms with Crippen molar-refractivity contribution in [2.24, 2.45) is 0 Å². The maximum absolute atomic E-state index is 13.4. The van der Waals surface area contributed by atoms with Crippen LogP contribution in [0.15, 0.2) is 78.0 Å². The summed E-state index contributed by atoms with van der Waals surface area (Å²) in [6.45, 7) is 0.0766. The Morgan fingerprint density at radius 3 is 2.56 bits per heavy atom. The SMILES string of the molecule is O=C(NCc1nnc(SCc2ccccc2)n1-c1ccc(Cl)cc1Cl)c1cccc(F)c1. The molecule has 9 heteroatoms. The van der Waals surface area contributed by atoms with E-state index in [9.17, 15) is 9.18 Å². The lowest BCUT2D eigenvalue weighted by Gasteiger charge is -2.13. The van der Waals surface area contributed by atoms with Crippen molar-refractivity contribution in [3.63, 3.8) is 0 Å². The average molecular weight is 487 g/mol. The number of thioether (sulfide) groups is 1. The third-order valence-electron chi connectivity index (χ3n) is 4.56. The Morgan fingerprint density at radius 1 is 1.00 bits per heavy atom. The van der Waals surface area contributed by atoms with Gasteiger partial charge in [-0.1, -0.05) is 71.4 Å². The fourth-order valence-electron chi connectivity index (χ4n) is 3.03. The van der Waals surface area contributed by atoms with Gasteiger partial charge in [-0.3, -0.25) is 9.36 Å². The first-order valence-corrected chi connectivity index (χ1v) is 11.4. The Kier molecular flexibility index (Phi) is 7.09. The van der Waals surface area contributed by atoms with Crippen LogP contribution in [-0.2, 0) is 12.3 Å². The predicted octanol–water partition coefficient (Wildman–Crippen LogP) is 5.94. The fourth-order valence-corrected chi connectivity index (χ4v) is 4.44. The molecule has 0 fully saturated rings. The van der Waals surface area contributed by atoms with Gasteiger partial charge < -0.3 is 5.32 Å². The van der Waals surface area contributed by atoms with E-state index in [1.807, 2.05) is 30.3 Å². The average Bonchev–Trinajstić information content (AvgIpc) is 3.19. The Morgan fingerprint density at radius 2 is 1.81 bits per heavy atom. The van der Waals surface area contributed by atoms with E-state index < -0.39 is 11.7 Å². The van der Waals surface area contributed by atoms with E-state index in [4.69, 9.17) is 23.2 Å². The van der Waals surface area contributed by atoms with Crippen molar-refractivity contribution < 1.29 is 9.18 Å². The third-order valence-corrected chi connectivity index (χ3v) is 6.09. The Bertz CT molecular complexity index is 1250. The highest BCUT2D eigenvalue weighted by molar-refractivity contribution is 7.98. The Balaban J connectivity index is 1.61. The third kappa shape index (κ3) is 5.30. The molecule has 4 rings (SSSR count). The lowest BCUT2D eigenvalue weighted by atomic mass is 10.2. The normalized spacial score (nSPS) is 10.8. The maximum Gasteiger partial charge on any atom is 0.251 e. The van der Waals surface area contributed by atoms with E-state index in [0.29, 0.717) is 32.5 Å². The number of amides is 1. The van der Waals surface area contributed by atoms with Crippen molar-refractivity contribution >= 4 is 40.9 Å². The molecule has 32 heavy (non-hydrogen) atoms. The molecule has 0 spiro atoms. The monoisotopic (exact) mass is 486 g/mol. The van der Waals surface area contributed by atoms with Crippen LogP contribution >= 0.6 is 35.0 Å². The molecule has 0 aliphatic heterocycles. The van der Waals surface area contributed by atoms with Crippen LogP contribution < -0.4 is 5.32 Å². The minimum absolute atomic E-state index is 0.0766. The van der Waals surface area contributed by atoms with Crippen LogP contribution in [-0.4, -0.2) is 20.7 Å². The molecule has 0 saturated heterocycles. The van der Waals surface area contributed by atoms with Crippen LogP contribution in [0.4, 0.5) is 4.39 Å². The molecule has 0 aliphatic rings. The summed E-state index contributed by atoms with van der Waals surface area (Å²) >= 11 is 14.0. The van der Waals surface area contributed by atoms with Gasteiger partial charge in [0.05, 0.1) is 17.3 Å². The summed E-state index contributed by atoms with van der Waals surface area (Å²) in [5.41, 5.74) is 2.00. The summed E-state index contributed by atoms with van der Waals surface area (Å²) < 4.78 is 15.2. The summed E-state index contributed by atoms with van der Waals surface area (Å²) in [4.78, 5) is 12.5. The van der Waals surface area contributed by atoms with E-state index in [-0.39, 0.29) is 12.1 Å². The van der Waals surface area contributed by atoms with Crippen LogP contribution in [0.5, 0.6) is 0 Å². The Labute approximate surface area is 198 Å². The molecule has 0 unspecified atom stereocenters. The van der Waals surface area contributed by atoms with Gasteiger partial charge in [0, 0.05) is 16.3 Å². The van der Waals surface area contributed by atoms with Crippen molar-refractivity contribution in [1.29, 1.82) is 0 Å². The molecule has 1 aromatic heterocycles. The number of halogens is 3. The zero-order valence-electron chi connectivity index (χ0n) is 16.6. The van der Waals surface area contributed by atoms with Gasteiger partial charge in [-0.15, -0.1) is 10.2 Å². The molecular formula is C23H17Cl2FN4OS. The van der Waals surface area contributed by atoms with Gasteiger partial charge in [-0.05, 0) is 42.0 Å². The summed E-state index contributed by atoms with van der Waals surface area (Å²) in [7, 11) is 0. The first-order chi connectivity index (χ1) is 15.5. The number of nitrogens with zero attached hydrogens (tertiary/aromatic N) is 3. The summed E-state index contributed by atoms with van der Waals surface area (Å²) in [5.74, 6) is 0.266. The quantitative estimate of drug-likeness (QED) is 0.328. The molecule has 0 radical (unpaired) electrons. The number of rotatable bonds is 7. The minimum Gasteiger partial charge on any atom is -0.345 e. The van der Waals surface area contributed by atoms with E-state index in [2.05, 4.69) is 15.5 Å². The van der Waals surface area contributed by atoms with E-state index >= 15 is 0 Å². The first kappa shape index (κ1) is 22.3. The molecule has 4 aromatic rings. The summed E-state index contributed by atoms with van der Waals surface area (Å²) in [6, 6.07) is 20.6. The van der Waals surface area contributed by atoms with Gasteiger partial charge in [0.2, 0.25) is 0 Å². The van der Waals surface area contributed by atoms with E-state index in [0.717, 1.165) is 5.56 Å². The molecule has 3 aromatic carbocycles. The van der Waals surface area contributed by atoms with Crippen LogP contribution in [0.25, 0.3) is 5.69 Å². The maximum atomic E-state index is 13.4. The highest BCUT2D eigenvalue weighted by atomic mass is 35.5. The van der Waals surface area contributed by atoms with Gasteiger partial charge in [-0.25, -0.2) is 4.39 Å². The number of benzene rings is 3. The molecule has 162 valence electrons. The van der Waals surface area contributed by atoms with Crippen molar-refractivity contribution in [2.45, 2.75) is 17.5 Å². The van der Waals surface area contributed by atoms with Crippen LogP contribution in [0.3, 0.4) is 0 Å². The minimum atomic E-state index is -0.478. The summed E-state index contributed by atoms with van der Waals surface area (Å²) in [6.07, 6.45) is 0. The number of hydrogen-bond donors (Lipinski definition) is 1. The number of carbonyl (C=O) groups excluding carboxylic acids is 1. The van der Waals surface area contributed by atoms with Gasteiger partial charge in [0.1, 0.15) is 5.82 Å². The molecule has 1 N–H and O–H groups in total. The number of hydrogen-bond acceptors (Lipinski definition) is 4. The van der Waals surface area contributed by atoms with Gasteiger partial charge >= 0.3 is 0 Å². The first-order valence-electron chi connectivity index (χ1n) is 9.61. The zero-order chi connectivity index (χ0) is 22.5. The molecular weight excluding hydrogens is 470 g/mol. The highest BCUT2D eigenvalue weighted by Gasteiger charge is 2.18. The number of carbonyl (C=O) groups is 1. The lowest BCUT2D eigenvalue weighted by molar-refractivity contribution is 0.0949. The second-order valence-electron chi connectivity index (χ2n) is 6.80. The molecule has 0 aliphatic carbocycles. The van der Waals surface area contributed by atoms with Crippen LogP contribution in [0.1, 0.15) is 21.7 Å². The van der Waals surface area contributed by atoms with Gasteiger partial charge in [-0.2, -0.15) is 0 Å². The molecule has 0 saturated carbocycles. The number of nitrogens with one attached hydrogen (secondary N) is 1. The van der Waals surface area contributed by atoms with E-state index in [1.165, 1.54) is 30.0 Å². The van der Waals surface area contributed by atoms with Crippen molar-refractivity contribution in [2.75, 3.05) is 0 Å². The lowest BCUT2D eigenvalue weighted by Crippen LogP contribution is -2.24. The van der Waals surface area contributed by atoms with Crippen LogP contribution in [0, 0.1) is 5.82 Å². The van der Waals surface area contributed by atoms with Gasteiger partial charge in [0.15, 0.2) is 11.0 Å². The van der Waals surface area contributed by atoms with Gasteiger partial charge in [0.25, 0.3) is 5.91 Å². The number of aromatic nitrogens is 3. The zero-order valence-corrected chi connectivity index (χ0v) is 19.0. The second-order valence-corrected chi connectivity index (χ2v) is 8.58. The van der Waals surface area contributed by atoms with Crippen molar-refractivity contribution in [3.05, 3.63) is 106 Å². The predicted molar refractivity (Wildman–Crippen MR) is 125 cm³/mol. The summed E-state index contributed by atoms with van der Waals surface area (Å²) in [5, 5.41) is 12.9. The van der Waals surface area contributed by atoms with Crippen LogP contribution in [0.2, 0.25) is 10.0 Å². The smallest absolute Gasteiger partial charge is 0.251 e. The molecule has 0 atom stereocenters. The van der Waals surface area contributed by atoms with E-state index in [1.54, 1.807) is 28.8 Å². The van der Waals surface area contributed by atoms with Crippen molar-refractivity contribution in [1.82, 2.24) is 20.1 Å². The molecule has 5 nitrogen and oxygen atoms in total. The Hall–Kier alpha value is -2.87. The molecule has 1 amide bonds. The second kappa shape index (κ2) is 10.2. The highest BCUT2D eigenvalue weighted by Crippen LogP contribution is 2.30. The fraction of sp³-hybridized carbons (Fsp3) is 0.0870. The molecule has 0 bridgehead atoms. The van der Waals surface area contributed by atoms with Crippen molar-refractivity contribution in [3.8, 4) is 5.69 Å². The molecule has 1 heterocycles. The largest absolute Gasteiger partial charge is 0.345 e. The standard InChI is InChI=1S/C23H17Cl2FN4OS/c24-17-9-10-20(19(25)12-17)30-21(13-27-22(31)16-7-4-8-18(26)11-16)28-29-23(30)32-14-15-5-2-1-3-6-15/h1-12H,13-14H2,(H,27,31). The topological polar surface area (TPSA) is 59.8 Å².